The van der Waals surface area contributed by atoms with Gasteiger partial charge in [0.15, 0.2) is 5.56 Å². The van der Waals surface area contributed by atoms with Crippen LogP contribution in [0.25, 0.3) is 0 Å². The predicted molar refractivity (Wildman–Crippen MR) is 26.9 cm³/mol. The average Bonchev–Trinajstić information content (AvgIpc) is 1.82. The Kier molecular flexibility index (Phi) is 1.95. The van der Waals surface area contributed by atoms with Gasteiger partial charge in [0, 0.05) is 0 Å². The fourth-order valence-electron chi connectivity index (χ4n) is 0.578. The van der Waals surface area contributed by atoms with E-state index in [0.717, 1.165) is 0 Å². The minimum Gasteiger partial charge on any atom is -0.207 e. The molecule has 2 nitrogen and oxygen atoms in total. The molecule has 0 unspecified atom stereocenters. The number of alkyl halides is 3. The lowest BCUT2D eigenvalue weighted by Crippen LogP contribution is -2.13. The molecule has 1 heterocycles. The zero-order valence-corrected chi connectivity index (χ0v) is 5.36. The van der Waals surface area contributed by atoms with Crippen molar-refractivity contribution in [1.29, 1.82) is 0 Å². The van der Waals surface area contributed by atoms with Gasteiger partial charge in [-0.05, 0) is 0 Å². The van der Waals surface area contributed by atoms with Crippen LogP contribution in [-0.2, 0) is 6.18 Å². The van der Waals surface area contributed by atoms with Crippen molar-refractivity contribution < 1.29 is 22.0 Å². The molecule has 0 fully saturated rings. The van der Waals surface area contributed by atoms with Crippen LogP contribution >= 0.6 is 0 Å². The largest absolute Gasteiger partial charge is 0.425 e. The lowest BCUT2D eigenvalue weighted by molar-refractivity contribution is -0.143. The van der Waals surface area contributed by atoms with Crippen molar-refractivity contribution in [2.75, 3.05) is 0 Å². The summed E-state index contributed by atoms with van der Waals surface area (Å²) in [6.45, 7) is 0. The molecule has 66 valence electrons. The third-order valence-electron chi connectivity index (χ3n) is 1.04. The third-order valence-corrected chi connectivity index (χ3v) is 1.04. The number of aromatic nitrogens is 2. The highest BCUT2D eigenvalue weighted by molar-refractivity contribution is 5.11. The maximum atomic E-state index is 12.2. The molecule has 0 aliphatic carbocycles. The van der Waals surface area contributed by atoms with Crippen LogP contribution in [0.2, 0.25) is 0 Å². The zero-order chi connectivity index (χ0) is 9.35. The van der Waals surface area contributed by atoms with Crippen LogP contribution in [0.4, 0.5) is 22.0 Å². The fraction of sp³-hybridized carbons (Fsp3) is 0.200. The minimum atomic E-state index is -5.10. The van der Waals surface area contributed by atoms with Gasteiger partial charge < -0.3 is 0 Å². The zero-order valence-electron chi connectivity index (χ0n) is 5.36. The van der Waals surface area contributed by atoms with Crippen molar-refractivity contribution >= 4 is 0 Å². The highest BCUT2D eigenvalue weighted by Crippen LogP contribution is 2.31. The van der Waals surface area contributed by atoms with Gasteiger partial charge in [0.2, 0.25) is 11.9 Å². The first-order valence-electron chi connectivity index (χ1n) is 2.66. The molecule has 0 saturated heterocycles. The molecular formula is C5HF5N2. The van der Waals surface area contributed by atoms with Crippen LogP contribution in [0, 0.1) is 11.9 Å². The second kappa shape index (κ2) is 2.65. The van der Waals surface area contributed by atoms with Gasteiger partial charge >= 0.3 is 6.18 Å². The molecule has 7 heteroatoms. The second-order valence-electron chi connectivity index (χ2n) is 1.83. The first-order chi connectivity index (χ1) is 5.43. The van der Waals surface area contributed by atoms with Crippen molar-refractivity contribution in [3.05, 3.63) is 23.8 Å². The molecule has 0 aromatic carbocycles. The number of nitrogens with zero attached hydrogens (tertiary/aromatic N) is 2. The van der Waals surface area contributed by atoms with Crippen molar-refractivity contribution in [2.45, 2.75) is 6.18 Å². The summed E-state index contributed by atoms with van der Waals surface area (Å²) in [6.07, 6.45) is -4.73. The first-order valence-corrected chi connectivity index (χ1v) is 2.66. The Bertz CT molecular complexity index is 274. The molecule has 0 radical (unpaired) electrons. The summed E-state index contributed by atoms with van der Waals surface area (Å²) in [6, 6.07) is 0. The van der Waals surface area contributed by atoms with Gasteiger partial charge in [-0.15, -0.1) is 0 Å². The molecule has 1 rings (SSSR count). The highest BCUT2D eigenvalue weighted by atomic mass is 19.4. The SMILES string of the molecule is Fc1ncnc(F)c1C(F)(F)F. The van der Waals surface area contributed by atoms with Crippen molar-refractivity contribution in [3.8, 4) is 0 Å². The van der Waals surface area contributed by atoms with E-state index in [9.17, 15) is 22.0 Å². The highest BCUT2D eigenvalue weighted by Gasteiger charge is 2.39. The first kappa shape index (κ1) is 8.82. The molecule has 1 aromatic rings. The fourth-order valence-corrected chi connectivity index (χ4v) is 0.578. The number of halogens is 5. The van der Waals surface area contributed by atoms with Crippen LogP contribution in [0.1, 0.15) is 5.56 Å². The van der Waals surface area contributed by atoms with Crippen LogP contribution < -0.4 is 0 Å². The minimum absolute atomic E-state index is 0.375. The van der Waals surface area contributed by atoms with Crippen molar-refractivity contribution in [3.63, 3.8) is 0 Å². The summed E-state index contributed by atoms with van der Waals surface area (Å²) in [5.74, 6) is -3.81. The summed E-state index contributed by atoms with van der Waals surface area (Å²) >= 11 is 0. The topological polar surface area (TPSA) is 25.8 Å². The Morgan fingerprint density at radius 2 is 1.42 bits per heavy atom. The Morgan fingerprint density at radius 1 is 1.00 bits per heavy atom. The molecule has 0 saturated carbocycles. The molecule has 1 aromatic heterocycles. The van der Waals surface area contributed by atoms with Gasteiger partial charge in [-0.25, -0.2) is 9.97 Å². The maximum Gasteiger partial charge on any atom is 0.425 e. The molecule has 0 aliphatic rings. The molecule has 0 aliphatic heterocycles. The van der Waals surface area contributed by atoms with Crippen molar-refractivity contribution in [1.82, 2.24) is 9.97 Å². The Balaban J connectivity index is 3.31. The summed E-state index contributed by atoms with van der Waals surface area (Å²) in [5.41, 5.74) is -2.06. The molecule has 0 amide bonds. The van der Waals surface area contributed by atoms with E-state index in [2.05, 4.69) is 9.97 Å². The van der Waals surface area contributed by atoms with E-state index in [4.69, 9.17) is 0 Å². The van der Waals surface area contributed by atoms with Crippen LogP contribution in [-0.4, -0.2) is 9.97 Å². The molecule has 0 atom stereocenters. The van der Waals surface area contributed by atoms with E-state index >= 15 is 0 Å². The third kappa shape index (κ3) is 1.49. The lowest BCUT2D eigenvalue weighted by Gasteiger charge is -2.05. The number of hydrogen-bond donors (Lipinski definition) is 0. The molecule has 0 N–H and O–H groups in total. The summed E-state index contributed by atoms with van der Waals surface area (Å²) < 4.78 is 59.7. The Morgan fingerprint density at radius 3 is 1.67 bits per heavy atom. The van der Waals surface area contributed by atoms with Crippen LogP contribution in [0.15, 0.2) is 6.33 Å². The van der Waals surface area contributed by atoms with E-state index in [1.807, 2.05) is 0 Å². The van der Waals surface area contributed by atoms with Crippen LogP contribution in [0.3, 0.4) is 0 Å². The van der Waals surface area contributed by atoms with Gasteiger partial charge in [0.05, 0.1) is 0 Å². The lowest BCUT2D eigenvalue weighted by atomic mass is 10.3. The smallest absolute Gasteiger partial charge is 0.207 e. The quantitative estimate of drug-likeness (QED) is 0.453. The summed E-state index contributed by atoms with van der Waals surface area (Å²) in [5, 5.41) is 0. The number of rotatable bonds is 0. The molecule has 0 spiro atoms. The van der Waals surface area contributed by atoms with Gasteiger partial charge in [-0.3, -0.25) is 0 Å². The van der Waals surface area contributed by atoms with Crippen LogP contribution in [0.5, 0.6) is 0 Å². The molecular weight excluding hydrogens is 183 g/mol. The second-order valence-corrected chi connectivity index (χ2v) is 1.83. The van der Waals surface area contributed by atoms with Crippen molar-refractivity contribution in [2.24, 2.45) is 0 Å². The standard InChI is InChI=1S/C5HF5N2/c6-3-2(5(8,9)10)4(7)12-1-11-3/h1H. The van der Waals surface area contributed by atoms with Gasteiger partial charge in [0.1, 0.15) is 6.33 Å². The van der Waals surface area contributed by atoms with E-state index in [-0.39, 0.29) is 0 Å². The van der Waals surface area contributed by atoms with E-state index in [0.29, 0.717) is 6.33 Å². The Hall–Kier alpha value is -1.27. The Labute approximate surface area is 63.1 Å². The van der Waals surface area contributed by atoms with Gasteiger partial charge in [0.25, 0.3) is 0 Å². The van der Waals surface area contributed by atoms with Gasteiger partial charge in [-0.1, -0.05) is 0 Å². The maximum absolute atomic E-state index is 12.2. The average molecular weight is 184 g/mol. The van der Waals surface area contributed by atoms with Gasteiger partial charge in [-0.2, -0.15) is 22.0 Å². The summed E-state index contributed by atoms with van der Waals surface area (Å²) in [4.78, 5) is 5.14. The summed E-state index contributed by atoms with van der Waals surface area (Å²) in [7, 11) is 0. The monoisotopic (exact) mass is 184 g/mol. The van der Waals surface area contributed by atoms with E-state index in [1.165, 1.54) is 0 Å². The molecule has 0 bridgehead atoms. The normalized spacial score (nSPS) is 11.8. The molecule has 12 heavy (non-hydrogen) atoms. The van der Waals surface area contributed by atoms with E-state index in [1.54, 1.807) is 0 Å². The predicted octanol–water partition coefficient (Wildman–Crippen LogP) is 1.77. The van der Waals surface area contributed by atoms with E-state index < -0.39 is 23.6 Å². The number of hydrogen-bond acceptors (Lipinski definition) is 2.